The van der Waals surface area contributed by atoms with Crippen LogP contribution in [0, 0.1) is 0 Å². The van der Waals surface area contributed by atoms with Gasteiger partial charge in [0.15, 0.2) is 5.69 Å². The Bertz CT molecular complexity index is 768. The van der Waals surface area contributed by atoms with Gasteiger partial charge < -0.3 is 10.2 Å². The molecule has 1 aromatic heterocycles. The minimum absolute atomic E-state index is 0.0225. The number of nitrogens with zero attached hydrogens (tertiary/aromatic N) is 3. The van der Waals surface area contributed by atoms with Gasteiger partial charge in [-0.25, -0.2) is 0 Å². The third-order valence-corrected chi connectivity index (χ3v) is 4.13. The lowest BCUT2D eigenvalue weighted by atomic mass is 10.1. The van der Waals surface area contributed by atoms with Crippen molar-refractivity contribution in [2.75, 3.05) is 19.6 Å². The fourth-order valence-electron chi connectivity index (χ4n) is 2.90. The van der Waals surface area contributed by atoms with Crippen molar-refractivity contribution in [3.8, 4) is 0 Å². The van der Waals surface area contributed by atoms with Crippen LogP contribution in [0.5, 0.6) is 0 Å². The van der Waals surface area contributed by atoms with E-state index >= 15 is 0 Å². The Hall–Kier alpha value is -2.21. The van der Waals surface area contributed by atoms with E-state index < -0.39 is 0 Å². The van der Waals surface area contributed by atoms with Crippen molar-refractivity contribution in [2.45, 2.75) is 26.4 Å². The van der Waals surface area contributed by atoms with E-state index in [-0.39, 0.29) is 23.1 Å². The first-order chi connectivity index (χ1) is 10.6. The third-order valence-electron chi connectivity index (χ3n) is 4.13. The molecule has 1 aliphatic heterocycles. The van der Waals surface area contributed by atoms with Crippen molar-refractivity contribution in [1.29, 1.82) is 0 Å². The molecular weight excluding hydrogens is 280 g/mol. The van der Waals surface area contributed by atoms with Crippen LogP contribution in [-0.2, 0) is 6.54 Å². The molecule has 2 aromatic rings. The topological polar surface area (TPSA) is 67.2 Å². The van der Waals surface area contributed by atoms with Gasteiger partial charge in [0.2, 0.25) is 5.43 Å². The maximum atomic E-state index is 12.8. The van der Waals surface area contributed by atoms with Crippen LogP contribution in [0.4, 0.5) is 0 Å². The number of benzene rings is 1. The molecule has 0 saturated carbocycles. The van der Waals surface area contributed by atoms with E-state index in [9.17, 15) is 9.59 Å². The molecule has 1 aromatic carbocycles. The molecule has 0 unspecified atom stereocenters. The number of amides is 1. The second-order valence-corrected chi connectivity index (χ2v) is 5.56. The number of hydrogen-bond acceptors (Lipinski definition) is 4. The van der Waals surface area contributed by atoms with Crippen molar-refractivity contribution in [2.24, 2.45) is 0 Å². The van der Waals surface area contributed by atoms with Crippen molar-refractivity contribution >= 4 is 16.8 Å². The summed E-state index contributed by atoms with van der Waals surface area (Å²) in [6, 6.07) is 7.35. The quantitative estimate of drug-likeness (QED) is 0.893. The highest BCUT2D eigenvalue weighted by Crippen LogP contribution is 2.12. The van der Waals surface area contributed by atoms with Gasteiger partial charge in [-0.15, -0.1) is 0 Å². The minimum Gasteiger partial charge on any atom is -0.332 e. The van der Waals surface area contributed by atoms with Gasteiger partial charge in [0, 0.05) is 37.6 Å². The highest BCUT2D eigenvalue weighted by atomic mass is 16.2. The fraction of sp³-hybridized carbons (Fsp3) is 0.438. The van der Waals surface area contributed by atoms with E-state index in [1.54, 1.807) is 15.6 Å². The number of hydrogen-bond donors (Lipinski definition) is 1. The normalized spacial score (nSPS) is 18.6. The summed E-state index contributed by atoms with van der Waals surface area (Å²) < 4.78 is 1.72. The number of carbonyl (C=O) groups excluding carboxylic acids is 1. The zero-order valence-corrected chi connectivity index (χ0v) is 12.9. The van der Waals surface area contributed by atoms with E-state index in [1.807, 2.05) is 32.0 Å². The van der Waals surface area contributed by atoms with E-state index in [4.69, 9.17) is 0 Å². The van der Waals surface area contributed by atoms with Crippen molar-refractivity contribution < 1.29 is 4.79 Å². The first-order valence-corrected chi connectivity index (χ1v) is 7.65. The average molecular weight is 300 g/mol. The predicted octanol–water partition coefficient (Wildman–Crippen LogP) is 0.850. The van der Waals surface area contributed by atoms with Crippen LogP contribution < -0.4 is 10.7 Å². The van der Waals surface area contributed by atoms with Gasteiger partial charge in [-0.1, -0.05) is 12.1 Å². The smallest absolute Gasteiger partial charge is 0.278 e. The van der Waals surface area contributed by atoms with Crippen LogP contribution in [0.15, 0.2) is 29.1 Å². The van der Waals surface area contributed by atoms with Crippen LogP contribution >= 0.6 is 0 Å². The molecule has 2 heterocycles. The Kier molecular flexibility index (Phi) is 3.94. The van der Waals surface area contributed by atoms with Gasteiger partial charge in [0.25, 0.3) is 5.91 Å². The van der Waals surface area contributed by atoms with E-state index in [0.717, 1.165) is 18.6 Å². The first kappa shape index (κ1) is 14.7. The molecule has 1 amide bonds. The highest BCUT2D eigenvalue weighted by Gasteiger charge is 2.27. The molecule has 1 saturated heterocycles. The summed E-state index contributed by atoms with van der Waals surface area (Å²) in [6.07, 6.45) is 0. The lowest BCUT2D eigenvalue weighted by Gasteiger charge is -2.33. The molecule has 3 rings (SSSR count). The molecule has 22 heavy (non-hydrogen) atoms. The lowest BCUT2D eigenvalue weighted by molar-refractivity contribution is 0.0646. The summed E-state index contributed by atoms with van der Waals surface area (Å²) in [5, 5.41) is 8.11. The number of aryl methyl sites for hydroxylation is 1. The third kappa shape index (κ3) is 2.39. The van der Waals surface area contributed by atoms with Gasteiger partial charge in [-0.2, -0.15) is 5.10 Å². The molecule has 0 aliphatic carbocycles. The van der Waals surface area contributed by atoms with Gasteiger partial charge in [0.05, 0.1) is 5.52 Å². The highest BCUT2D eigenvalue weighted by molar-refractivity contribution is 5.95. The Morgan fingerprint density at radius 3 is 2.91 bits per heavy atom. The molecule has 0 bridgehead atoms. The first-order valence-electron chi connectivity index (χ1n) is 7.65. The predicted molar refractivity (Wildman–Crippen MR) is 85.0 cm³/mol. The number of rotatable bonds is 2. The second-order valence-electron chi connectivity index (χ2n) is 5.56. The zero-order chi connectivity index (χ0) is 15.7. The SMILES string of the molecule is CCn1nc(C(=O)N2CCNC[C@H]2C)c(=O)c2ccccc21. The Labute approximate surface area is 128 Å². The minimum atomic E-state index is -0.281. The van der Waals surface area contributed by atoms with Crippen molar-refractivity contribution in [3.63, 3.8) is 0 Å². The van der Waals surface area contributed by atoms with Crippen LogP contribution in [-0.4, -0.2) is 46.3 Å². The van der Waals surface area contributed by atoms with E-state index in [0.29, 0.717) is 18.5 Å². The van der Waals surface area contributed by atoms with E-state index in [1.165, 1.54) is 0 Å². The molecular formula is C16H20N4O2. The summed E-state index contributed by atoms with van der Waals surface area (Å²) in [4.78, 5) is 27.1. The fourth-order valence-corrected chi connectivity index (χ4v) is 2.90. The number of carbonyl (C=O) groups is 1. The standard InChI is InChI=1S/C16H20N4O2/c1-3-20-13-7-5-4-6-12(13)15(21)14(18-20)16(22)19-9-8-17-10-11(19)2/h4-7,11,17H,3,8-10H2,1-2H3/t11-/m1/s1. The van der Waals surface area contributed by atoms with Gasteiger partial charge >= 0.3 is 0 Å². The Morgan fingerprint density at radius 2 is 2.18 bits per heavy atom. The van der Waals surface area contributed by atoms with Gasteiger partial charge in [0.1, 0.15) is 0 Å². The molecule has 0 radical (unpaired) electrons. The maximum absolute atomic E-state index is 12.8. The second kappa shape index (κ2) is 5.88. The monoisotopic (exact) mass is 300 g/mol. The Balaban J connectivity index is 2.12. The molecule has 1 atom stereocenters. The van der Waals surface area contributed by atoms with Crippen LogP contribution in [0.2, 0.25) is 0 Å². The van der Waals surface area contributed by atoms with Crippen LogP contribution in [0.1, 0.15) is 24.3 Å². The number of piperazine rings is 1. The number of aromatic nitrogens is 2. The molecule has 1 N–H and O–H groups in total. The summed E-state index contributed by atoms with van der Waals surface area (Å²) >= 11 is 0. The van der Waals surface area contributed by atoms with Crippen molar-refractivity contribution in [3.05, 3.63) is 40.2 Å². The van der Waals surface area contributed by atoms with E-state index in [2.05, 4.69) is 10.4 Å². The zero-order valence-electron chi connectivity index (χ0n) is 12.9. The lowest BCUT2D eigenvalue weighted by Crippen LogP contribution is -2.53. The van der Waals surface area contributed by atoms with Crippen LogP contribution in [0.3, 0.4) is 0 Å². The molecule has 0 spiro atoms. The molecule has 1 aliphatic rings. The number of para-hydroxylation sites is 1. The van der Waals surface area contributed by atoms with Crippen molar-refractivity contribution in [1.82, 2.24) is 20.0 Å². The molecule has 6 nitrogen and oxygen atoms in total. The van der Waals surface area contributed by atoms with Gasteiger partial charge in [-0.3, -0.25) is 14.3 Å². The summed E-state index contributed by atoms with van der Waals surface area (Å²) in [5.41, 5.74) is 0.505. The maximum Gasteiger partial charge on any atom is 0.278 e. The van der Waals surface area contributed by atoms with Gasteiger partial charge in [-0.05, 0) is 26.0 Å². The number of fused-ring (bicyclic) bond motifs is 1. The molecule has 1 fully saturated rings. The summed E-state index contributed by atoms with van der Waals surface area (Å²) in [6.45, 7) is 6.61. The number of nitrogens with one attached hydrogen (secondary N) is 1. The Morgan fingerprint density at radius 1 is 1.41 bits per heavy atom. The largest absolute Gasteiger partial charge is 0.332 e. The molecule has 6 heteroatoms. The molecule has 116 valence electrons. The summed E-state index contributed by atoms with van der Waals surface area (Å²) in [5.74, 6) is -0.271. The summed E-state index contributed by atoms with van der Waals surface area (Å²) in [7, 11) is 0. The average Bonchev–Trinajstić information content (AvgIpc) is 2.55. The van der Waals surface area contributed by atoms with Crippen LogP contribution in [0.25, 0.3) is 10.9 Å².